The minimum atomic E-state index is 0.200. The number of amides is 1. The average Bonchev–Trinajstić information content (AvgIpc) is 2.90. The molecule has 0 aromatic heterocycles. The Kier molecular flexibility index (Phi) is 3.09. The minimum absolute atomic E-state index is 0.200. The van der Waals surface area contributed by atoms with E-state index in [0.29, 0.717) is 25.0 Å². The fourth-order valence-electron chi connectivity index (χ4n) is 3.47. The lowest BCUT2D eigenvalue weighted by Gasteiger charge is -2.34. The summed E-state index contributed by atoms with van der Waals surface area (Å²) in [5, 5.41) is 3.07. The predicted molar refractivity (Wildman–Crippen MR) is 66.5 cm³/mol. The Morgan fingerprint density at radius 3 is 2.71 bits per heavy atom. The van der Waals surface area contributed by atoms with E-state index in [1.54, 1.807) is 0 Å². The van der Waals surface area contributed by atoms with Crippen LogP contribution in [0.5, 0.6) is 0 Å². The van der Waals surface area contributed by atoms with Crippen molar-refractivity contribution in [2.24, 2.45) is 11.7 Å². The lowest BCUT2D eigenvalue weighted by Crippen LogP contribution is -2.47. The maximum Gasteiger partial charge on any atom is 0.221 e. The second kappa shape index (κ2) is 4.58. The first-order valence-electron chi connectivity index (χ1n) is 7.01. The van der Waals surface area contributed by atoms with Gasteiger partial charge in [0.05, 0.1) is 0 Å². The molecule has 3 unspecified atom stereocenters. The summed E-state index contributed by atoms with van der Waals surface area (Å²) in [5.74, 6) is 1.08. The van der Waals surface area contributed by atoms with Crippen LogP contribution in [0.25, 0.3) is 0 Å². The van der Waals surface area contributed by atoms with E-state index >= 15 is 0 Å². The molecule has 0 radical (unpaired) electrons. The van der Waals surface area contributed by atoms with Crippen LogP contribution in [0.1, 0.15) is 38.5 Å². The van der Waals surface area contributed by atoms with Crippen LogP contribution in [0.15, 0.2) is 0 Å². The van der Waals surface area contributed by atoms with Crippen LogP contribution in [0, 0.1) is 5.92 Å². The molecule has 17 heavy (non-hydrogen) atoms. The SMILES string of the molecule is NCC(CC(=O)NC1CC1)N1CC2CCC1C2. The number of fused-ring (bicyclic) bond motifs is 2. The van der Waals surface area contributed by atoms with E-state index in [2.05, 4.69) is 10.2 Å². The Balaban J connectivity index is 1.53. The molecule has 2 aliphatic carbocycles. The Bertz CT molecular complexity index is 303. The van der Waals surface area contributed by atoms with Crippen molar-refractivity contribution in [3.05, 3.63) is 0 Å². The van der Waals surface area contributed by atoms with Gasteiger partial charge in [0.2, 0.25) is 5.91 Å². The summed E-state index contributed by atoms with van der Waals surface area (Å²) in [7, 11) is 0. The number of nitrogens with one attached hydrogen (secondary N) is 1. The van der Waals surface area contributed by atoms with Gasteiger partial charge in [-0.2, -0.15) is 0 Å². The van der Waals surface area contributed by atoms with Crippen LogP contribution in [0.3, 0.4) is 0 Å². The molecule has 3 N–H and O–H groups in total. The van der Waals surface area contributed by atoms with Gasteiger partial charge < -0.3 is 11.1 Å². The van der Waals surface area contributed by atoms with E-state index in [1.165, 1.54) is 25.8 Å². The summed E-state index contributed by atoms with van der Waals surface area (Å²) >= 11 is 0. The third-order valence-electron chi connectivity index (χ3n) is 4.56. The molecule has 3 fully saturated rings. The van der Waals surface area contributed by atoms with Crippen molar-refractivity contribution in [2.45, 2.75) is 56.7 Å². The van der Waals surface area contributed by atoms with Gasteiger partial charge in [-0.1, -0.05) is 0 Å². The normalized spacial score (nSPS) is 33.9. The molecule has 1 amide bonds. The Hall–Kier alpha value is -0.610. The van der Waals surface area contributed by atoms with E-state index < -0.39 is 0 Å². The smallest absolute Gasteiger partial charge is 0.221 e. The molecule has 0 spiro atoms. The van der Waals surface area contributed by atoms with Crippen molar-refractivity contribution >= 4 is 5.91 Å². The molecule has 1 heterocycles. The molecule has 2 saturated carbocycles. The highest BCUT2D eigenvalue weighted by Crippen LogP contribution is 2.38. The lowest BCUT2D eigenvalue weighted by molar-refractivity contribution is -0.122. The van der Waals surface area contributed by atoms with Gasteiger partial charge in [-0.25, -0.2) is 0 Å². The molecule has 4 nitrogen and oxygen atoms in total. The molecule has 1 aliphatic heterocycles. The zero-order chi connectivity index (χ0) is 11.8. The van der Waals surface area contributed by atoms with Gasteiger partial charge in [0, 0.05) is 37.6 Å². The molecule has 3 rings (SSSR count). The lowest BCUT2D eigenvalue weighted by atomic mass is 10.1. The first-order chi connectivity index (χ1) is 8.26. The molecule has 3 atom stereocenters. The van der Waals surface area contributed by atoms with Crippen LogP contribution in [0.2, 0.25) is 0 Å². The highest BCUT2D eigenvalue weighted by atomic mass is 16.1. The molecule has 0 aromatic carbocycles. The predicted octanol–water partition coefficient (Wildman–Crippen LogP) is 0.467. The fraction of sp³-hybridized carbons (Fsp3) is 0.923. The summed E-state index contributed by atoms with van der Waals surface area (Å²) in [6.45, 7) is 1.78. The van der Waals surface area contributed by atoms with E-state index in [-0.39, 0.29) is 11.9 Å². The third kappa shape index (κ3) is 2.47. The molecule has 96 valence electrons. The van der Waals surface area contributed by atoms with Crippen molar-refractivity contribution in [1.29, 1.82) is 0 Å². The molecule has 3 aliphatic rings. The monoisotopic (exact) mass is 237 g/mol. The summed E-state index contributed by atoms with van der Waals surface area (Å²) in [6.07, 6.45) is 6.94. The number of hydrogen-bond donors (Lipinski definition) is 2. The summed E-state index contributed by atoms with van der Waals surface area (Å²) in [4.78, 5) is 14.3. The Labute approximate surface area is 103 Å². The summed E-state index contributed by atoms with van der Waals surface area (Å²) in [6, 6.07) is 1.45. The number of piperidine rings is 1. The van der Waals surface area contributed by atoms with E-state index in [4.69, 9.17) is 5.73 Å². The van der Waals surface area contributed by atoms with Crippen LogP contribution in [0.4, 0.5) is 0 Å². The van der Waals surface area contributed by atoms with Gasteiger partial charge in [0.1, 0.15) is 0 Å². The number of likely N-dealkylation sites (tertiary alicyclic amines) is 1. The topological polar surface area (TPSA) is 58.4 Å². The van der Waals surface area contributed by atoms with Crippen molar-refractivity contribution in [3.8, 4) is 0 Å². The first kappa shape index (κ1) is 11.5. The second-order valence-electron chi connectivity index (χ2n) is 5.97. The van der Waals surface area contributed by atoms with Crippen molar-refractivity contribution < 1.29 is 4.79 Å². The number of carbonyl (C=O) groups is 1. The maximum absolute atomic E-state index is 11.8. The second-order valence-corrected chi connectivity index (χ2v) is 5.97. The van der Waals surface area contributed by atoms with Crippen LogP contribution in [-0.4, -0.2) is 42.0 Å². The molecule has 1 saturated heterocycles. The standard InChI is InChI=1S/C13H23N3O/c14-7-12(6-13(17)15-10-2-3-10)16-8-9-1-4-11(16)5-9/h9-12H,1-8,14H2,(H,15,17). The number of nitrogens with two attached hydrogens (primary N) is 1. The maximum atomic E-state index is 11.8. The first-order valence-corrected chi connectivity index (χ1v) is 7.01. The third-order valence-corrected chi connectivity index (χ3v) is 4.56. The van der Waals surface area contributed by atoms with Crippen LogP contribution < -0.4 is 11.1 Å². The zero-order valence-electron chi connectivity index (χ0n) is 10.4. The van der Waals surface area contributed by atoms with E-state index in [1.807, 2.05) is 0 Å². The number of nitrogens with zero attached hydrogens (tertiary/aromatic N) is 1. The molecule has 4 heteroatoms. The largest absolute Gasteiger partial charge is 0.353 e. The Morgan fingerprint density at radius 2 is 2.18 bits per heavy atom. The molecular formula is C13H23N3O. The van der Waals surface area contributed by atoms with Gasteiger partial charge in [-0.05, 0) is 38.0 Å². The number of hydrogen-bond acceptors (Lipinski definition) is 3. The van der Waals surface area contributed by atoms with E-state index in [0.717, 1.165) is 18.8 Å². The zero-order valence-corrected chi connectivity index (χ0v) is 10.4. The van der Waals surface area contributed by atoms with Crippen molar-refractivity contribution in [1.82, 2.24) is 10.2 Å². The van der Waals surface area contributed by atoms with Crippen LogP contribution >= 0.6 is 0 Å². The molecule has 2 bridgehead atoms. The van der Waals surface area contributed by atoms with Gasteiger partial charge in [-0.3, -0.25) is 9.69 Å². The van der Waals surface area contributed by atoms with Crippen molar-refractivity contribution in [2.75, 3.05) is 13.1 Å². The quantitative estimate of drug-likeness (QED) is 0.730. The fourth-order valence-corrected chi connectivity index (χ4v) is 3.47. The van der Waals surface area contributed by atoms with Gasteiger partial charge in [-0.15, -0.1) is 0 Å². The highest BCUT2D eigenvalue weighted by Gasteiger charge is 2.41. The average molecular weight is 237 g/mol. The van der Waals surface area contributed by atoms with Gasteiger partial charge in [0.25, 0.3) is 0 Å². The highest BCUT2D eigenvalue weighted by molar-refractivity contribution is 5.77. The van der Waals surface area contributed by atoms with Gasteiger partial charge >= 0.3 is 0 Å². The van der Waals surface area contributed by atoms with Crippen LogP contribution in [-0.2, 0) is 4.79 Å². The van der Waals surface area contributed by atoms with E-state index in [9.17, 15) is 4.79 Å². The molecular weight excluding hydrogens is 214 g/mol. The summed E-state index contributed by atoms with van der Waals surface area (Å²) in [5.41, 5.74) is 5.86. The van der Waals surface area contributed by atoms with Gasteiger partial charge in [0.15, 0.2) is 0 Å². The minimum Gasteiger partial charge on any atom is -0.353 e. The van der Waals surface area contributed by atoms with Crippen molar-refractivity contribution in [3.63, 3.8) is 0 Å². The molecule has 0 aromatic rings. The number of rotatable bonds is 5. The summed E-state index contributed by atoms with van der Waals surface area (Å²) < 4.78 is 0. The Morgan fingerprint density at radius 1 is 1.35 bits per heavy atom. The number of carbonyl (C=O) groups excluding carboxylic acids is 1.